The number of halogens is 6. The Balaban J connectivity index is 1.84. The number of ether oxygens (including phenoxy) is 4. The van der Waals surface area contributed by atoms with Gasteiger partial charge in [0, 0.05) is 0 Å². The molecule has 10 heteroatoms. The van der Waals surface area contributed by atoms with Crippen molar-refractivity contribution in [2.45, 2.75) is 30.0 Å². The molecule has 2 atom stereocenters. The first-order valence-corrected chi connectivity index (χ1v) is 6.18. The molecule has 0 bridgehead atoms. The first kappa shape index (κ1) is 16.8. The fourth-order valence-corrected chi connectivity index (χ4v) is 1.41. The summed E-state index contributed by atoms with van der Waals surface area (Å²) in [6, 6.07) is 0. The minimum Gasteiger partial charge on any atom is -0.372 e. The van der Waals surface area contributed by atoms with E-state index in [-0.39, 0.29) is 26.4 Å². The second kappa shape index (κ2) is 5.90. The Bertz CT molecular complexity index is 325. The summed E-state index contributed by atoms with van der Waals surface area (Å²) < 4.78 is 97.7. The summed E-state index contributed by atoms with van der Waals surface area (Å²) in [6.07, 6.45) is -0.867. The minimum atomic E-state index is -5.59. The van der Waals surface area contributed by atoms with Crippen molar-refractivity contribution in [2.75, 3.05) is 39.6 Å². The van der Waals surface area contributed by atoms with Crippen molar-refractivity contribution in [2.24, 2.45) is 0 Å². The molecule has 2 rings (SSSR count). The highest BCUT2D eigenvalue weighted by molar-refractivity contribution is 4.96. The highest BCUT2D eigenvalue weighted by atomic mass is 19.3. The number of hydrogen-bond acceptors (Lipinski definition) is 4. The summed E-state index contributed by atoms with van der Waals surface area (Å²) in [5.41, 5.74) is 0. The highest BCUT2D eigenvalue weighted by Crippen LogP contribution is 2.46. The van der Waals surface area contributed by atoms with Crippen LogP contribution < -0.4 is 0 Å². The SMILES string of the molecule is FC(F)(COCC1CO1)C(F)(F)C(F)(F)COCC1CO1. The molecule has 0 N–H and O–H groups in total. The Kier molecular flexibility index (Phi) is 4.72. The normalized spacial score (nSPS) is 26.0. The third kappa shape index (κ3) is 4.21. The zero-order chi connectivity index (χ0) is 15.7. The van der Waals surface area contributed by atoms with Crippen molar-refractivity contribution in [3.63, 3.8) is 0 Å². The van der Waals surface area contributed by atoms with Gasteiger partial charge < -0.3 is 18.9 Å². The molecule has 4 nitrogen and oxygen atoms in total. The van der Waals surface area contributed by atoms with Crippen LogP contribution in [0.5, 0.6) is 0 Å². The molecule has 0 aromatic carbocycles. The van der Waals surface area contributed by atoms with Gasteiger partial charge in [0.05, 0.1) is 26.4 Å². The van der Waals surface area contributed by atoms with Gasteiger partial charge in [-0.15, -0.1) is 0 Å². The van der Waals surface area contributed by atoms with E-state index in [0.29, 0.717) is 0 Å². The van der Waals surface area contributed by atoms with Gasteiger partial charge in [0.1, 0.15) is 25.4 Å². The highest BCUT2D eigenvalue weighted by Gasteiger charge is 2.71. The lowest BCUT2D eigenvalue weighted by Gasteiger charge is -2.32. The molecule has 2 unspecified atom stereocenters. The third-order valence-electron chi connectivity index (χ3n) is 2.90. The van der Waals surface area contributed by atoms with E-state index in [1.54, 1.807) is 0 Å². The fraction of sp³-hybridized carbons (Fsp3) is 1.00. The van der Waals surface area contributed by atoms with Crippen molar-refractivity contribution in [3.05, 3.63) is 0 Å². The standard InChI is InChI=1S/C11H14F6O4/c12-9(13,5-18-1-7-3-20-7)11(16,17)10(14,15)6-19-2-8-4-21-8/h7-8H,1-6H2. The van der Waals surface area contributed by atoms with Gasteiger partial charge in [0.25, 0.3) is 0 Å². The summed E-state index contributed by atoms with van der Waals surface area (Å²) in [7, 11) is 0. The number of epoxide rings is 2. The molecular formula is C11H14F6O4. The number of alkyl halides is 6. The molecule has 0 spiro atoms. The van der Waals surface area contributed by atoms with Crippen molar-refractivity contribution < 1.29 is 45.3 Å². The van der Waals surface area contributed by atoms with Crippen LogP contribution in [-0.2, 0) is 18.9 Å². The molecule has 124 valence electrons. The Morgan fingerprint density at radius 1 is 0.762 bits per heavy atom. The number of rotatable bonds is 10. The fourth-order valence-electron chi connectivity index (χ4n) is 1.41. The summed E-state index contributed by atoms with van der Waals surface area (Å²) in [4.78, 5) is 0. The van der Waals surface area contributed by atoms with Gasteiger partial charge in [-0.2, -0.15) is 26.3 Å². The van der Waals surface area contributed by atoms with Gasteiger partial charge in [-0.3, -0.25) is 0 Å². The van der Waals surface area contributed by atoms with Crippen LogP contribution in [0.4, 0.5) is 26.3 Å². The van der Waals surface area contributed by atoms with Crippen molar-refractivity contribution in [1.82, 2.24) is 0 Å². The molecule has 0 aromatic rings. The quantitative estimate of drug-likeness (QED) is 0.453. The lowest BCUT2D eigenvalue weighted by atomic mass is 10.1. The van der Waals surface area contributed by atoms with Crippen LogP contribution in [-0.4, -0.2) is 69.6 Å². The molecular weight excluding hydrogens is 310 g/mol. The molecule has 2 aliphatic heterocycles. The second-order valence-corrected chi connectivity index (χ2v) is 4.92. The van der Waals surface area contributed by atoms with Crippen molar-refractivity contribution >= 4 is 0 Å². The number of hydrogen-bond donors (Lipinski definition) is 0. The van der Waals surface area contributed by atoms with Crippen LogP contribution in [0.2, 0.25) is 0 Å². The molecule has 2 fully saturated rings. The van der Waals surface area contributed by atoms with Gasteiger partial charge >= 0.3 is 17.8 Å². The van der Waals surface area contributed by atoms with Crippen LogP contribution >= 0.6 is 0 Å². The van der Waals surface area contributed by atoms with Gasteiger partial charge in [0.15, 0.2) is 0 Å². The Morgan fingerprint density at radius 3 is 1.38 bits per heavy atom. The van der Waals surface area contributed by atoms with E-state index >= 15 is 0 Å². The van der Waals surface area contributed by atoms with Crippen molar-refractivity contribution in [3.8, 4) is 0 Å². The van der Waals surface area contributed by atoms with Crippen LogP contribution in [0.1, 0.15) is 0 Å². The van der Waals surface area contributed by atoms with E-state index in [0.717, 1.165) is 0 Å². The van der Waals surface area contributed by atoms with Crippen molar-refractivity contribution in [1.29, 1.82) is 0 Å². The van der Waals surface area contributed by atoms with E-state index in [9.17, 15) is 26.3 Å². The Labute approximate surface area is 116 Å². The van der Waals surface area contributed by atoms with Gasteiger partial charge in [0.2, 0.25) is 0 Å². The monoisotopic (exact) mass is 324 g/mol. The smallest absolute Gasteiger partial charge is 0.372 e. The first-order chi connectivity index (χ1) is 9.66. The summed E-state index contributed by atoms with van der Waals surface area (Å²) in [5.74, 6) is -15.6. The predicted molar refractivity (Wildman–Crippen MR) is 56.0 cm³/mol. The minimum absolute atomic E-state index is 0.273. The average molecular weight is 324 g/mol. The van der Waals surface area contributed by atoms with Gasteiger partial charge in [-0.05, 0) is 0 Å². The van der Waals surface area contributed by atoms with E-state index in [4.69, 9.17) is 0 Å². The first-order valence-electron chi connectivity index (χ1n) is 6.18. The van der Waals surface area contributed by atoms with Crippen LogP contribution in [0.15, 0.2) is 0 Å². The Hall–Kier alpha value is -0.580. The lowest BCUT2D eigenvalue weighted by Crippen LogP contribution is -2.58. The van der Waals surface area contributed by atoms with Crippen LogP contribution in [0.3, 0.4) is 0 Å². The maximum atomic E-state index is 13.3. The zero-order valence-corrected chi connectivity index (χ0v) is 10.8. The molecule has 0 saturated carbocycles. The zero-order valence-electron chi connectivity index (χ0n) is 10.8. The largest absolute Gasteiger partial charge is 0.376 e. The van der Waals surface area contributed by atoms with E-state index in [2.05, 4.69) is 18.9 Å². The van der Waals surface area contributed by atoms with E-state index in [1.165, 1.54) is 0 Å². The van der Waals surface area contributed by atoms with E-state index < -0.39 is 43.2 Å². The van der Waals surface area contributed by atoms with E-state index in [1.807, 2.05) is 0 Å². The maximum Gasteiger partial charge on any atom is 0.376 e. The van der Waals surface area contributed by atoms with Gasteiger partial charge in [-0.25, -0.2) is 0 Å². The molecule has 2 aliphatic rings. The molecule has 2 heterocycles. The Morgan fingerprint density at radius 2 is 1.10 bits per heavy atom. The lowest BCUT2D eigenvalue weighted by molar-refractivity contribution is -0.328. The summed E-state index contributed by atoms with van der Waals surface area (Å²) >= 11 is 0. The molecule has 0 aliphatic carbocycles. The predicted octanol–water partition coefficient (Wildman–Crippen LogP) is 1.72. The third-order valence-corrected chi connectivity index (χ3v) is 2.90. The molecule has 21 heavy (non-hydrogen) atoms. The summed E-state index contributed by atoms with van der Waals surface area (Å²) in [5, 5.41) is 0. The molecule has 0 amide bonds. The maximum absolute atomic E-state index is 13.3. The van der Waals surface area contributed by atoms with Gasteiger partial charge in [-0.1, -0.05) is 0 Å². The van der Waals surface area contributed by atoms with Crippen LogP contribution in [0.25, 0.3) is 0 Å². The van der Waals surface area contributed by atoms with Crippen LogP contribution in [0, 0.1) is 0 Å². The topological polar surface area (TPSA) is 43.5 Å². The molecule has 0 radical (unpaired) electrons. The molecule has 0 aromatic heterocycles. The second-order valence-electron chi connectivity index (χ2n) is 4.92. The molecule has 2 saturated heterocycles. The average Bonchev–Trinajstić information content (AvgIpc) is 3.22. The summed E-state index contributed by atoms with van der Waals surface area (Å²) in [6.45, 7) is -3.77.